The predicted molar refractivity (Wildman–Crippen MR) is 69.9 cm³/mol. The van der Waals surface area contributed by atoms with Gasteiger partial charge in [-0.2, -0.15) is 18.3 Å². The second kappa shape index (κ2) is 4.03. The van der Waals surface area contributed by atoms with E-state index < -0.39 is 11.7 Å². The number of rotatable bonds is 1. The number of H-pyrrole nitrogens is 1. The fourth-order valence-corrected chi connectivity index (χ4v) is 2.35. The summed E-state index contributed by atoms with van der Waals surface area (Å²) < 4.78 is 40.7. The summed E-state index contributed by atoms with van der Waals surface area (Å²) in [4.78, 5) is 0. The summed E-state index contributed by atoms with van der Waals surface area (Å²) in [6.45, 7) is 0. The summed E-state index contributed by atoms with van der Waals surface area (Å²) in [7, 11) is 1.69. The smallest absolute Gasteiger partial charge is 0.396 e. The molecule has 3 N–H and O–H groups in total. The number of nitrogen functional groups attached to an aromatic ring is 1. The molecule has 0 aliphatic heterocycles. The number of aromatic nitrogens is 3. The minimum Gasteiger partial charge on any atom is -0.396 e. The summed E-state index contributed by atoms with van der Waals surface area (Å²) in [5, 5.41) is 6.64. The van der Waals surface area contributed by atoms with Crippen LogP contribution in [0.5, 0.6) is 0 Å². The zero-order valence-electron chi connectivity index (χ0n) is 10.5. The lowest BCUT2D eigenvalue weighted by Gasteiger charge is -2.08. The highest BCUT2D eigenvalue weighted by molar-refractivity contribution is 5.91. The number of aromatic amines is 1. The Morgan fingerprint density at radius 1 is 1.30 bits per heavy atom. The van der Waals surface area contributed by atoms with Gasteiger partial charge in [0.2, 0.25) is 0 Å². The van der Waals surface area contributed by atoms with E-state index in [0.717, 1.165) is 6.07 Å². The number of halogens is 3. The number of aryl methyl sites for hydroxylation is 1. The van der Waals surface area contributed by atoms with E-state index in [1.807, 2.05) is 0 Å². The molecule has 3 rings (SSSR count). The Hall–Kier alpha value is -2.44. The largest absolute Gasteiger partial charge is 0.417 e. The van der Waals surface area contributed by atoms with E-state index >= 15 is 0 Å². The monoisotopic (exact) mass is 280 g/mol. The van der Waals surface area contributed by atoms with Gasteiger partial charge in [-0.05, 0) is 18.2 Å². The molecule has 0 atom stereocenters. The Kier molecular flexibility index (Phi) is 2.53. The van der Waals surface area contributed by atoms with Crippen molar-refractivity contribution in [1.29, 1.82) is 0 Å². The molecule has 0 aliphatic rings. The molecule has 2 aromatic heterocycles. The lowest BCUT2D eigenvalue weighted by atomic mass is 10.1. The molecule has 0 aliphatic carbocycles. The number of benzene rings is 1. The number of nitrogens with two attached hydrogens (primary N) is 1. The first kappa shape index (κ1) is 12.6. The number of hydrogen-bond donors (Lipinski definition) is 2. The maximum Gasteiger partial charge on any atom is 0.417 e. The molecular weight excluding hydrogens is 269 g/mol. The predicted octanol–water partition coefficient (Wildman–Crippen LogP) is 3.17. The molecule has 0 fully saturated rings. The van der Waals surface area contributed by atoms with Crippen molar-refractivity contribution in [2.24, 2.45) is 7.05 Å². The first-order valence-electron chi connectivity index (χ1n) is 5.84. The third kappa shape index (κ3) is 1.74. The Bertz CT molecular complexity index is 783. The lowest BCUT2D eigenvalue weighted by molar-refractivity contribution is -0.136. The minimum absolute atomic E-state index is 0.145. The molecule has 104 valence electrons. The van der Waals surface area contributed by atoms with Gasteiger partial charge in [0, 0.05) is 18.0 Å². The van der Waals surface area contributed by atoms with Crippen molar-refractivity contribution in [3.8, 4) is 11.4 Å². The van der Waals surface area contributed by atoms with Crippen molar-refractivity contribution in [2.45, 2.75) is 6.18 Å². The zero-order valence-corrected chi connectivity index (χ0v) is 10.5. The van der Waals surface area contributed by atoms with Crippen LogP contribution in [-0.2, 0) is 13.2 Å². The van der Waals surface area contributed by atoms with E-state index in [-0.39, 0.29) is 5.39 Å². The van der Waals surface area contributed by atoms with Gasteiger partial charge < -0.3 is 10.3 Å². The van der Waals surface area contributed by atoms with Crippen LogP contribution in [0.25, 0.3) is 22.3 Å². The molecule has 0 saturated carbocycles. The van der Waals surface area contributed by atoms with Crippen molar-refractivity contribution < 1.29 is 13.2 Å². The number of nitrogens with one attached hydrogen (secondary N) is 1. The highest BCUT2D eigenvalue weighted by Crippen LogP contribution is 2.38. The molecule has 1 aromatic carbocycles. The van der Waals surface area contributed by atoms with Crippen molar-refractivity contribution in [3.63, 3.8) is 0 Å². The quantitative estimate of drug-likeness (QED) is 0.719. The van der Waals surface area contributed by atoms with Gasteiger partial charge in [0.1, 0.15) is 5.69 Å². The van der Waals surface area contributed by atoms with Crippen LogP contribution in [0.4, 0.5) is 18.9 Å². The molecular formula is C13H11F3N4. The summed E-state index contributed by atoms with van der Waals surface area (Å²) >= 11 is 0. The summed E-state index contributed by atoms with van der Waals surface area (Å²) in [6, 6.07) is 5.58. The molecule has 2 heterocycles. The Balaban J connectivity index is 2.33. The molecule has 0 saturated heterocycles. The van der Waals surface area contributed by atoms with Crippen molar-refractivity contribution in [3.05, 3.63) is 36.0 Å². The van der Waals surface area contributed by atoms with Crippen LogP contribution < -0.4 is 5.73 Å². The fraction of sp³-hybridized carbons (Fsp3) is 0.154. The Morgan fingerprint density at radius 3 is 2.65 bits per heavy atom. The van der Waals surface area contributed by atoms with E-state index in [1.165, 1.54) is 18.3 Å². The van der Waals surface area contributed by atoms with Gasteiger partial charge in [0.15, 0.2) is 0 Å². The van der Waals surface area contributed by atoms with Crippen LogP contribution in [-0.4, -0.2) is 14.8 Å². The maximum atomic E-state index is 13.0. The third-order valence-electron chi connectivity index (χ3n) is 3.32. The highest BCUT2D eigenvalue weighted by atomic mass is 19.4. The van der Waals surface area contributed by atoms with Crippen LogP contribution in [0.3, 0.4) is 0 Å². The van der Waals surface area contributed by atoms with Gasteiger partial charge in [-0.3, -0.25) is 5.10 Å². The first-order chi connectivity index (χ1) is 9.39. The van der Waals surface area contributed by atoms with Gasteiger partial charge in [-0.1, -0.05) is 6.07 Å². The standard InChI is InChI=1S/C13H11F3N4/c1-20-10-4-2-3-8(13(14,15)16)7(10)5-11(20)12-9(17)6-18-19-12/h2-6H,17H2,1H3,(H,18,19). The van der Waals surface area contributed by atoms with Crippen LogP contribution in [0, 0.1) is 0 Å². The Labute approximate surface area is 112 Å². The number of alkyl halides is 3. The number of nitrogens with zero attached hydrogens (tertiary/aromatic N) is 2. The molecule has 0 unspecified atom stereocenters. The van der Waals surface area contributed by atoms with E-state index in [4.69, 9.17) is 5.73 Å². The number of anilines is 1. The van der Waals surface area contributed by atoms with Crippen LogP contribution >= 0.6 is 0 Å². The van der Waals surface area contributed by atoms with Crippen molar-refractivity contribution >= 4 is 16.6 Å². The SMILES string of the molecule is Cn1c(-c2[nH]ncc2N)cc2c(C(F)(F)F)cccc21. The van der Waals surface area contributed by atoms with Gasteiger partial charge >= 0.3 is 6.18 Å². The molecule has 20 heavy (non-hydrogen) atoms. The second-order valence-corrected chi connectivity index (χ2v) is 4.53. The van der Waals surface area contributed by atoms with Gasteiger partial charge in [0.25, 0.3) is 0 Å². The summed E-state index contributed by atoms with van der Waals surface area (Å²) in [5.41, 5.74) is 7.06. The molecule has 0 bridgehead atoms. The fourth-order valence-electron chi connectivity index (χ4n) is 2.35. The molecule has 0 spiro atoms. The first-order valence-corrected chi connectivity index (χ1v) is 5.84. The average Bonchev–Trinajstić information content (AvgIpc) is 2.92. The topological polar surface area (TPSA) is 59.6 Å². The molecule has 0 amide bonds. The van der Waals surface area contributed by atoms with Crippen LogP contribution in [0.1, 0.15) is 5.56 Å². The second-order valence-electron chi connectivity index (χ2n) is 4.53. The molecule has 4 nitrogen and oxygen atoms in total. The summed E-state index contributed by atoms with van der Waals surface area (Å²) in [5.74, 6) is 0. The van der Waals surface area contributed by atoms with Crippen molar-refractivity contribution in [2.75, 3.05) is 5.73 Å². The number of hydrogen-bond acceptors (Lipinski definition) is 2. The van der Waals surface area contributed by atoms with Gasteiger partial charge in [-0.15, -0.1) is 0 Å². The molecule has 7 heteroatoms. The Morgan fingerprint density at radius 2 is 2.05 bits per heavy atom. The van der Waals surface area contributed by atoms with Gasteiger partial charge in [0.05, 0.1) is 23.1 Å². The number of fused-ring (bicyclic) bond motifs is 1. The maximum absolute atomic E-state index is 13.0. The van der Waals surface area contributed by atoms with E-state index in [9.17, 15) is 13.2 Å². The average molecular weight is 280 g/mol. The van der Waals surface area contributed by atoms with Crippen LogP contribution in [0.15, 0.2) is 30.5 Å². The lowest BCUT2D eigenvalue weighted by Crippen LogP contribution is -2.05. The van der Waals surface area contributed by atoms with Gasteiger partial charge in [-0.25, -0.2) is 0 Å². The highest BCUT2D eigenvalue weighted by Gasteiger charge is 2.33. The summed E-state index contributed by atoms with van der Waals surface area (Å²) in [6.07, 6.45) is -2.96. The molecule has 0 radical (unpaired) electrons. The van der Waals surface area contributed by atoms with Crippen molar-refractivity contribution in [1.82, 2.24) is 14.8 Å². The third-order valence-corrected chi connectivity index (χ3v) is 3.32. The molecule has 3 aromatic rings. The van der Waals surface area contributed by atoms with Crippen LogP contribution in [0.2, 0.25) is 0 Å². The van der Waals surface area contributed by atoms with E-state index in [2.05, 4.69) is 10.2 Å². The van der Waals surface area contributed by atoms with E-state index in [0.29, 0.717) is 22.6 Å². The zero-order chi connectivity index (χ0) is 14.5. The minimum atomic E-state index is -4.39. The normalized spacial score (nSPS) is 12.2. The van der Waals surface area contributed by atoms with E-state index in [1.54, 1.807) is 17.7 Å².